The molecule has 22 heavy (non-hydrogen) atoms. The standard InChI is InChI=1S/C17H18N2O3/c1-12(16(20)19-17(21)18-2)22-15-10-8-14(9-11-15)13-6-4-3-5-7-13/h3-12H,1-2H3,(H2,18,19,20,21)/t12-/m1/s1. The molecule has 5 nitrogen and oxygen atoms in total. The summed E-state index contributed by atoms with van der Waals surface area (Å²) in [5.41, 5.74) is 2.18. The number of benzene rings is 2. The number of ether oxygens (including phenoxy) is 1. The van der Waals surface area contributed by atoms with Crippen molar-refractivity contribution in [3.8, 4) is 16.9 Å². The molecule has 0 spiro atoms. The Morgan fingerprint density at radius 1 is 0.955 bits per heavy atom. The van der Waals surface area contributed by atoms with E-state index in [1.165, 1.54) is 7.05 Å². The van der Waals surface area contributed by atoms with Crippen LogP contribution in [0.25, 0.3) is 11.1 Å². The number of hydrogen-bond acceptors (Lipinski definition) is 3. The molecule has 2 aromatic rings. The van der Waals surface area contributed by atoms with Crippen LogP contribution < -0.4 is 15.4 Å². The molecule has 2 N–H and O–H groups in total. The molecule has 2 rings (SSSR count). The molecule has 0 aliphatic carbocycles. The Morgan fingerprint density at radius 2 is 1.55 bits per heavy atom. The van der Waals surface area contributed by atoms with Crippen molar-refractivity contribution in [1.29, 1.82) is 0 Å². The van der Waals surface area contributed by atoms with E-state index in [9.17, 15) is 9.59 Å². The average Bonchev–Trinajstić information content (AvgIpc) is 2.56. The Morgan fingerprint density at radius 3 is 2.14 bits per heavy atom. The lowest BCUT2D eigenvalue weighted by Gasteiger charge is -2.14. The number of amides is 3. The Hall–Kier alpha value is -2.82. The van der Waals surface area contributed by atoms with Crippen molar-refractivity contribution in [1.82, 2.24) is 10.6 Å². The van der Waals surface area contributed by atoms with Crippen molar-refractivity contribution in [3.05, 3.63) is 54.6 Å². The second-order valence-corrected chi connectivity index (χ2v) is 4.72. The SMILES string of the molecule is CNC(=O)NC(=O)[C@@H](C)Oc1ccc(-c2ccccc2)cc1. The first kappa shape index (κ1) is 15.6. The van der Waals surface area contributed by atoms with Crippen LogP contribution in [0, 0.1) is 0 Å². The Labute approximate surface area is 129 Å². The third kappa shape index (κ3) is 4.09. The van der Waals surface area contributed by atoms with E-state index in [1.54, 1.807) is 19.1 Å². The summed E-state index contributed by atoms with van der Waals surface area (Å²) in [6.07, 6.45) is -0.764. The lowest BCUT2D eigenvalue weighted by atomic mass is 10.1. The number of nitrogens with one attached hydrogen (secondary N) is 2. The summed E-state index contributed by atoms with van der Waals surface area (Å²) >= 11 is 0. The van der Waals surface area contributed by atoms with Gasteiger partial charge in [-0.1, -0.05) is 42.5 Å². The highest BCUT2D eigenvalue weighted by atomic mass is 16.5. The van der Waals surface area contributed by atoms with Crippen molar-refractivity contribution in [2.45, 2.75) is 13.0 Å². The van der Waals surface area contributed by atoms with Gasteiger partial charge in [-0.05, 0) is 30.2 Å². The van der Waals surface area contributed by atoms with E-state index in [1.807, 2.05) is 42.5 Å². The molecule has 0 aliphatic rings. The number of hydrogen-bond donors (Lipinski definition) is 2. The summed E-state index contributed by atoms with van der Waals surface area (Å²) in [6, 6.07) is 16.9. The largest absolute Gasteiger partial charge is 0.481 e. The van der Waals surface area contributed by atoms with Crippen molar-refractivity contribution in [2.75, 3.05) is 7.05 Å². The van der Waals surface area contributed by atoms with Crippen LogP contribution in [-0.2, 0) is 4.79 Å². The molecule has 0 saturated heterocycles. The first-order valence-electron chi connectivity index (χ1n) is 6.95. The van der Waals surface area contributed by atoms with Crippen LogP contribution in [-0.4, -0.2) is 25.1 Å². The van der Waals surface area contributed by atoms with Crippen LogP contribution >= 0.6 is 0 Å². The topological polar surface area (TPSA) is 67.4 Å². The van der Waals surface area contributed by atoms with Crippen LogP contribution in [0.5, 0.6) is 5.75 Å². The molecule has 114 valence electrons. The fraction of sp³-hybridized carbons (Fsp3) is 0.176. The molecule has 0 bridgehead atoms. The summed E-state index contributed by atoms with van der Waals surface area (Å²) in [7, 11) is 1.44. The molecular formula is C17H18N2O3. The number of rotatable bonds is 4. The van der Waals surface area contributed by atoms with E-state index in [4.69, 9.17) is 4.74 Å². The summed E-state index contributed by atoms with van der Waals surface area (Å²) in [4.78, 5) is 22.8. The van der Waals surface area contributed by atoms with Gasteiger partial charge in [0.2, 0.25) is 0 Å². The third-order valence-electron chi connectivity index (χ3n) is 3.11. The summed E-state index contributed by atoms with van der Waals surface area (Å²) in [6.45, 7) is 1.59. The minimum atomic E-state index is -0.764. The number of carbonyl (C=O) groups is 2. The van der Waals surface area contributed by atoms with E-state index in [2.05, 4.69) is 10.6 Å². The second-order valence-electron chi connectivity index (χ2n) is 4.72. The minimum absolute atomic E-state index is 0.494. The zero-order valence-corrected chi connectivity index (χ0v) is 12.5. The Bertz CT molecular complexity index is 639. The molecule has 0 aliphatic heterocycles. The lowest BCUT2D eigenvalue weighted by Crippen LogP contribution is -2.43. The van der Waals surface area contributed by atoms with Crippen LogP contribution in [0.3, 0.4) is 0 Å². The fourth-order valence-corrected chi connectivity index (χ4v) is 1.89. The average molecular weight is 298 g/mol. The van der Waals surface area contributed by atoms with Crippen LogP contribution in [0.15, 0.2) is 54.6 Å². The Balaban J connectivity index is 1.99. The van der Waals surface area contributed by atoms with Gasteiger partial charge in [0.1, 0.15) is 5.75 Å². The molecule has 0 radical (unpaired) electrons. The quantitative estimate of drug-likeness (QED) is 0.911. The first-order valence-corrected chi connectivity index (χ1v) is 6.95. The number of imide groups is 1. The van der Waals surface area contributed by atoms with E-state index in [0.717, 1.165) is 11.1 Å². The zero-order valence-electron chi connectivity index (χ0n) is 12.5. The van der Waals surface area contributed by atoms with Gasteiger partial charge in [0.05, 0.1) is 0 Å². The molecule has 0 saturated carbocycles. The molecule has 1 atom stereocenters. The monoisotopic (exact) mass is 298 g/mol. The summed E-state index contributed by atoms with van der Waals surface area (Å²) in [5.74, 6) is 0.0747. The smallest absolute Gasteiger partial charge is 0.321 e. The van der Waals surface area contributed by atoms with Gasteiger partial charge < -0.3 is 10.1 Å². The van der Waals surface area contributed by atoms with Crippen molar-refractivity contribution < 1.29 is 14.3 Å². The molecule has 5 heteroatoms. The van der Waals surface area contributed by atoms with Gasteiger partial charge in [-0.25, -0.2) is 4.79 Å². The number of carbonyl (C=O) groups excluding carboxylic acids is 2. The maximum atomic E-state index is 11.7. The normalized spacial score (nSPS) is 11.4. The number of urea groups is 1. The van der Waals surface area contributed by atoms with Crippen LogP contribution in [0.1, 0.15) is 6.92 Å². The first-order chi connectivity index (χ1) is 10.6. The molecule has 0 aromatic heterocycles. The van der Waals surface area contributed by atoms with Gasteiger partial charge >= 0.3 is 6.03 Å². The molecule has 0 unspecified atom stereocenters. The van der Waals surface area contributed by atoms with E-state index in [0.29, 0.717) is 5.75 Å². The van der Waals surface area contributed by atoms with Crippen LogP contribution in [0.4, 0.5) is 4.79 Å². The second kappa shape index (κ2) is 7.26. The molecule has 3 amide bonds. The maximum absolute atomic E-state index is 11.7. The molecule has 2 aromatic carbocycles. The van der Waals surface area contributed by atoms with Gasteiger partial charge in [0.25, 0.3) is 5.91 Å². The predicted molar refractivity (Wildman–Crippen MR) is 84.6 cm³/mol. The van der Waals surface area contributed by atoms with E-state index < -0.39 is 18.0 Å². The van der Waals surface area contributed by atoms with Crippen molar-refractivity contribution in [2.24, 2.45) is 0 Å². The van der Waals surface area contributed by atoms with Gasteiger partial charge in [-0.3, -0.25) is 10.1 Å². The van der Waals surface area contributed by atoms with Crippen LogP contribution in [0.2, 0.25) is 0 Å². The van der Waals surface area contributed by atoms with E-state index in [-0.39, 0.29) is 0 Å². The zero-order chi connectivity index (χ0) is 15.9. The van der Waals surface area contributed by atoms with Crippen molar-refractivity contribution >= 4 is 11.9 Å². The van der Waals surface area contributed by atoms with Gasteiger partial charge in [0.15, 0.2) is 6.10 Å². The molecule has 0 fully saturated rings. The third-order valence-corrected chi connectivity index (χ3v) is 3.11. The predicted octanol–water partition coefficient (Wildman–Crippen LogP) is 2.58. The highest BCUT2D eigenvalue weighted by molar-refractivity contribution is 5.96. The van der Waals surface area contributed by atoms with Gasteiger partial charge in [-0.15, -0.1) is 0 Å². The van der Waals surface area contributed by atoms with Crippen molar-refractivity contribution in [3.63, 3.8) is 0 Å². The summed E-state index contributed by atoms with van der Waals surface area (Å²) < 4.78 is 5.52. The van der Waals surface area contributed by atoms with Gasteiger partial charge in [-0.2, -0.15) is 0 Å². The maximum Gasteiger partial charge on any atom is 0.321 e. The van der Waals surface area contributed by atoms with Gasteiger partial charge in [0, 0.05) is 7.05 Å². The Kier molecular flexibility index (Phi) is 5.14. The highest BCUT2D eigenvalue weighted by Crippen LogP contribution is 2.22. The minimum Gasteiger partial charge on any atom is -0.481 e. The highest BCUT2D eigenvalue weighted by Gasteiger charge is 2.16. The lowest BCUT2D eigenvalue weighted by molar-refractivity contribution is -0.126. The summed E-state index contributed by atoms with van der Waals surface area (Å²) in [5, 5.41) is 4.49. The molecular weight excluding hydrogens is 280 g/mol. The molecule has 0 heterocycles. The fourth-order valence-electron chi connectivity index (χ4n) is 1.89. The van der Waals surface area contributed by atoms with E-state index >= 15 is 0 Å².